The molecule has 0 fully saturated rings. The predicted octanol–water partition coefficient (Wildman–Crippen LogP) is 1.85. The highest BCUT2D eigenvalue weighted by molar-refractivity contribution is 5.77. The van der Waals surface area contributed by atoms with E-state index in [2.05, 4.69) is 48.4 Å². The Kier molecular flexibility index (Phi) is 5.40. The van der Waals surface area contributed by atoms with Crippen molar-refractivity contribution in [1.82, 2.24) is 5.32 Å². The number of nitrogens with zero attached hydrogens (tertiary/aromatic N) is 1. The minimum atomic E-state index is 0.550. The van der Waals surface area contributed by atoms with Crippen LogP contribution in [-0.4, -0.2) is 19.0 Å². The van der Waals surface area contributed by atoms with Crippen LogP contribution in [-0.2, 0) is 6.42 Å². The summed E-state index contributed by atoms with van der Waals surface area (Å²) in [5.74, 6) is 0.550. The van der Waals surface area contributed by atoms with Crippen molar-refractivity contribution in [3.05, 3.63) is 35.4 Å². The Morgan fingerprint density at radius 2 is 2.25 bits per heavy atom. The van der Waals surface area contributed by atoms with Gasteiger partial charge in [-0.1, -0.05) is 36.8 Å². The number of rotatable bonds is 5. The van der Waals surface area contributed by atoms with Crippen LogP contribution < -0.4 is 11.1 Å². The summed E-state index contributed by atoms with van der Waals surface area (Å²) < 4.78 is 0. The van der Waals surface area contributed by atoms with Crippen LogP contribution >= 0.6 is 0 Å². The lowest BCUT2D eigenvalue weighted by atomic mass is 10.1. The van der Waals surface area contributed by atoms with E-state index >= 15 is 0 Å². The number of nitrogens with one attached hydrogen (secondary N) is 1. The van der Waals surface area contributed by atoms with E-state index in [1.54, 1.807) is 0 Å². The second kappa shape index (κ2) is 6.88. The van der Waals surface area contributed by atoms with Gasteiger partial charge in [0.05, 0.1) is 0 Å². The standard InChI is InChI=1S/C13H21N3/c1-3-8-15-13(14)16-9-7-12-6-4-5-11(2)10-12/h4-6,10H,3,7-9H2,1-2H3,(H3,14,15,16). The molecule has 16 heavy (non-hydrogen) atoms. The van der Waals surface area contributed by atoms with Crippen LogP contribution in [0.25, 0.3) is 0 Å². The molecule has 0 aromatic heterocycles. The van der Waals surface area contributed by atoms with Gasteiger partial charge in [0.15, 0.2) is 5.96 Å². The zero-order valence-corrected chi connectivity index (χ0v) is 10.2. The third-order valence-electron chi connectivity index (χ3n) is 2.31. The molecule has 1 aromatic carbocycles. The van der Waals surface area contributed by atoms with Crippen molar-refractivity contribution in [2.45, 2.75) is 26.7 Å². The fourth-order valence-corrected chi connectivity index (χ4v) is 1.49. The summed E-state index contributed by atoms with van der Waals surface area (Å²) in [7, 11) is 0. The Morgan fingerprint density at radius 1 is 1.44 bits per heavy atom. The van der Waals surface area contributed by atoms with Gasteiger partial charge in [-0.05, 0) is 25.3 Å². The molecule has 3 nitrogen and oxygen atoms in total. The highest BCUT2D eigenvalue weighted by Crippen LogP contribution is 2.03. The van der Waals surface area contributed by atoms with Crippen LogP contribution in [0.2, 0.25) is 0 Å². The molecule has 3 heteroatoms. The van der Waals surface area contributed by atoms with Crippen LogP contribution in [0.5, 0.6) is 0 Å². The number of hydrogen-bond donors (Lipinski definition) is 2. The van der Waals surface area contributed by atoms with Gasteiger partial charge >= 0.3 is 0 Å². The lowest BCUT2D eigenvalue weighted by Crippen LogP contribution is -2.33. The molecule has 0 bridgehead atoms. The molecule has 0 heterocycles. The van der Waals surface area contributed by atoms with Gasteiger partial charge in [0.2, 0.25) is 0 Å². The predicted molar refractivity (Wildman–Crippen MR) is 69.7 cm³/mol. The number of benzene rings is 1. The van der Waals surface area contributed by atoms with Crippen molar-refractivity contribution in [1.29, 1.82) is 0 Å². The first-order valence-electron chi connectivity index (χ1n) is 5.81. The summed E-state index contributed by atoms with van der Waals surface area (Å²) in [6.45, 7) is 5.82. The zero-order valence-electron chi connectivity index (χ0n) is 10.2. The topological polar surface area (TPSA) is 50.4 Å². The molecule has 3 N–H and O–H groups in total. The maximum Gasteiger partial charge on any atom is 0.188 e. The second-order valence-corrected chi connectivity index (χ2v) is 3.93. The van der Waals surface area contributed by atoms with Crippen LogP contribution in [0.15, 0.2) is 29.3 Å². The fraction of sp³-hybridized carbons (Fsp3) is 0.462. The van der Waals surface area contributed by atoms with Gasteiger partial charge < -0.3 is 11.1 Å². The maximum atomic E-state index is 5.69. The minimum Gasteiger partial charge on any atom is -0.370 e. The quantitative estimate of drug-likeness (QED) is 0.586. The molecule has 1 rings (SSSR count). The zero-order chi connectivity index (χ0) is 11.8. The van der Waals surface area contributed by atoms with Crippen LogP contribution in [0.4, 0.5) is 0 Å². The first-order valence-corrected chi connectivity index (χ1v) is 5.81. The Morgan fingerprint density at radius 3 is 2.94 bits per heavy atom. The smallest absolute Gasteiger partial charge is 0.188 e. The van der Waals surface area contributed by atoms with Gasteiger partial charge in [-0.15, -0.1) is 0 Å². The van der Waals surface area contributed by atoms with Gasteiger partial charge in [0, 0.05) is 13.1 Å². The third-order valence-corrected chi connectivity index (χ3v) is 2.31. The van der Waals surface area contributed by atoms with Gasteiger partial charge in [-0.2, -0.15) is 0 Å². The van der Waals surface area contributed by atoms with Crippen molar-refractivity contribution in [2.24, 2.45) is 10.7 Å². The van der Waals surface area contributed by atoms with E-state index in [0.717, 1.165) is 25.9 Å². The van der Waals surface area contributed by atoms with Crippen LogP contribution in [0, 0.1) is 6.92 Å². The Hall–Kier alpha value is -1.51. The monoisotopic (exact) mass is 219 g/mol. The van der Waals surface area contributed by atoms with Gasteiger partial charge in [-0.25, -0.2) is 0 Å². The number of aliphatic imine (C=N–C) groups is 1. The number of hydrogen-bond acceptors (Lipinski definition) is 1. The Labute approximate surface area is 97.8 Å². The molecule has 88 valence electrons. The molecular formula is C13H21N3. The number of aryl methyl sites for hydroxylation is 1. The van der Waals surface area contributed by atoms with Gasteiger partial charge in [-0.3, -0.25) is 4.99 Å². The molecule has 1 aromatic rings. The largest absolute Gasteiger partial charge is 0.370 e. The Balaban J connectivity index is 2.30. The lowest BCUT2D eigenvalue weighted by Gasteiger charge is -2.06. The molecule has 0 aliphatic heterocycles. The van der Waals surface area contributed by atoms with Crippen LogP contribution in [0.1, 0.15) is 24.5 Å². The highest BCUT2D eigenvalue weighted by atomic mass is 15.1. The van der Waals surface area contributed by atoms with E-state index in [4.69, 9.17) is 5.73 Å². The molecule has 0 atom stereocenters. The van der Waals surface area contributed by atoms with Crippen molar-refractivity contribution in [3.8, 4) is 0 Å². The normalized spacial score (nSPS) is 11.5. The maximum absolute atomic E-state index is 5.69. The molecular weight excluding hydrogens is 198 g/mol. The summed E-state index contributed by atoms with van der Waals surface area (Å²) in [5.41, 5.74) is 8.32. The van der Waals surface area contributed by atoms with Gasteiger partial charge in [0.1, 0.15) is 0 Å². The molecule has 0 saturated heterocycles. The molecule has 0 unspecified atom stereocenters. The average Bonchev–Trinajstić information content (AvgIpc) is 2.26. The summed E-state index contributed by atoms with van der Waals surface area (Å²) in [4.78, 5) is 4.17. The molecule has 0 saturated carbocycles. The summed E-state index contributed by atoms with van der Waals surface area (Å²) in [5, 5.41) is 3.11. The van der Waals surface area contributed by atoms with E-state index in [-0.39, 0.29) is 0 Å². The van der Waals surface area contributed by atoms with E-state index in [1.165, 1.54) is 11.1 Å². The number of guanidine groups is 1. The van der Waals surface area contributed by atoms with E-state index in [1.807, 2.05) is 0 Å². The first-order chi connectivity index (χ1) is 7.72. The van der Waals surface area contributed by atoms with Crippen LogP contribution in [0.3, 0.4) is 0 Å². The fourth-order valence-electron chi connectivity index (χ4n) is 1.49. The van der Waals surface area contributed by atoms with Gasteiger partial charge in [0.25, 0.3) is 0 Å². The third kappa shape index (κ3) is 4.82. The number of nitrogens with two attached hydrogens (primary N) is 1. The summed E-state index contributed by atoms with van der Waals surface area (Å²) >= 11 is 0. The van der Waals surface area contributed by atoms with Crippen molar-refractivity contribution in [3.63, 3.8) is 0 Å². The second-order valence-electron chi connectivity index (χ2n) is 3.93. The van der Waals surface area contributed by atoms with E-state index in [0.29, 0.717) is 5.96 Å². The molecule has 0 aliphatic carbocycles. The van der Waals surface area contributed by atoms with E-state index in [9.17, 15) is 0 Å². The van der Waals surface area contributed by atoms with E-state index < -0.39 is 0 Å². The molecule has 0 radical (unpaired) electrons. The summed E-state index contributed by atoms with van der Waals surface area (Å²) in [6, 6.07) is 8.52. The summed E-state index contributed by atoms with van der Waals surface area (Å²) in [6.07, 6.45) is 2.00. The SMILES string of the molecule is CCCN=C(N)NCCc1cccc(C)c1. The average molecular weight is 219 g/mol. The molecule has 0 spiro atoms. The van der Waals surface area contributed by atoms with Crippen molar-refractivity contribution < 1.29 is 0 Å². The lowest BCUT2D eigenvalue weighted by molar-refractivity contribution is 0.839. The highest BCUT2D eigenvalue weighted by Gasteiger charge is 1.94. The Bertz CT molecular complexity index is 345. The molecule has 0 amide bonds. The first kappa shape index (κ1) is 12.6. The molecule has 0 aliphatic rings. The minimum absolute atomic E-state index is 0.550. The van der Waals surface area contributed by atoms with Crippen molar-refractivity contribution >= 4 is 5.96 Å². The van der Waals surface area contributed by atoms with Crippen molar-refractivity contribution in [2.75, 3.05) is 13.1 Å².